The van der Waals surface area contributed by atoms with E-state index in [0.717, 1.165) is 6.29 Å². The SMILES string of the molecule is CC(C)/C(C=O)=C/c1ccc(F)cc1Cl. The molecule has 0 fully saturated rings. The first-order chi connectivity index (χ1) is 7.04. The van der Waals surface area contributed by atoms with E-state index in [1.165, 1.54) is 12.1 Å². The number of carbonyl (C=O) groups is 1. The van der Waals surface area contributed by atoms with Crippen molar-refractivity contribution >= 4 is 24.0 Å². The Kier molecular flexibility index (Phi) is 4.04. The van der Waals surface area contributed by atoms with Gasteiger partial charge in [0.1, 0.15) is 12.1 Å². The molecule has 1 aromatic carbocycles. The zero-order valence-corrected chi connectivity index (χ0v) is 9.38. The van der Waals surface area contributed by atoms with Crippen molar-refractivity contribution < 1.29 is 9.18 Å². The molecule has 80 valence electrons. The summed E-state index contributed by atoms with van der Waals surface area (Å²) in [4.78, 5) is 10.7. The van der Waals surface area contributed by atoms with E-state index in [9.17, 15) is 9.18 Å². The van der Waals surface area contributed by atoms with Crippen LogP contribution in [0.15, 0.2) is 23.8 Å². The van der Waals surface area contributed by atoms with E-state index < -0.39 is 0 Å². The summed E-state index contributed by atoms with van der Waals surface area (Å²) in [6.07, 6.45) is 2.48. The first-order valence-electron chi connectivity index (χ1n) is 4.66. The van der Waals surface area contributed by atoms with Gasteiger partial charge in [0.15, 0.2) is 0 Å². The van der Waals surface area contributed by atoms with Crippen molar-refractivity contribution in [1.82, 2.24) is 0 Å². The Morgan fingerprint density at radius 3 is 2.60 bits per heavy atom. The van der Waals surface area contributed by atoms with Crippen LogP contribution in [0.25, 0.3) is 6.08 Å². The molecule has 0 saturated carbocycles. The molecule has 1 rings (SSSR count). The maximum atomic E-state index is 12.8. The van der Waals surface area contributed by atoms with Crippen LogP contribution in [0.2, 0.25) is 5.02 Å². The minimum Gasteiger partial charge on any atom is -0.298 e. The Bertz CT molecular complexity index is 397. The van der Waals surface area contributed by atoms with E-state index in [1.54, 1.807) is 12.1 Å². The van der Waals surface area contributed by atoms with Gasteiger partial charge in [0.05, 0.1) is 5.02 Å². The molecule has 0 saturated heterocycles. The molecule has 15 heavy (non-hydrogen) atoms. The number of rotatable bonds is 3. The second-order valence-corrected chi connectivity index (χ2v) is 3.99. The van der Waals surface area contributed by atoms with Gasteiger partial charge < -0.3 is 0 Å². The summed E-state index contributed by atoms with van der Waals surface area (Å²) in [5, 5.41) is 0.315. The van der Waals surface area contributed by atoms with E-state index in [0.29, 0.717) is 16.2 Å². The van der Waals surface area contributed by atoms with E-state index in [1.807, 2.05) is 13.8 Å². The van der Waals surface area contributed by atoms with Gasteiger partial charge in [-0.3, -0.25) is 4.79 Å². The lowest BCUT2D eigenvalue weighted by atomic mass is 10.0. The fourth-order valence-corrected chi connectivity index (χ4v) is 1.36. The molecule has 0 heterocycles. The first kappa shape index (κ1) is 11.9. The molecule has 0 N–H and O–H groups in total. The van der Waals surface area contributed by atoms with E-state index in [2.05, 4.69) is 0 Å². The zero-order chi connectivity index (χ0) is 11.4. The van der Waals surface area contributed by atoms with E-state index in [4.69, 9.17) is 11.6 Å². The Morgan fingerprint density at radius 1 is 1.47 bits per heavy atom. The highest BCUT2D eigenvalue weighted by molar-refractivity contribution is 6.32. The summed E-state index contributed by atoms with van der Waals surface area (Å²) in [6, 6.07) is 4.11. The molecule has 0 aliphatic heterocycles. The highest BCUT2D eigenvalue weighted by Crippen LogP contribution is 2.21. The molecular weight excluding hydrogens is 215 g/mol. The summed E-state index contributed by atoms with van der Waals surface area (Å²) < 4.78 is 12.8. The quantitative estimate of drug-likeness (QED) is 0.567. The number of allylic oxidation sites excluding steroid dienone is 1. The van der Waals surface area contributed by atoms with Crippen molar-refractivity contribution in [2.75, 3.05) is 0 Å². The molecule has 0 atom stereocenters. The number of aldehydes is 1. The van der Waals surface area contributed by atoms with Gasteiger partial charge in [-0.25, -0.2) is 4.39 Å². The minimum atomic E-state index is -0.380. The van der Waals surface area contributed by atoms with E-state index in [-0.39, 0.29) is 11.7 Å². The number of carbonyl (C=O) groups excluding carboxylic acids is 1. The van der Waals surface area contributed by atoms with Crippen LogP contribution in [0.4, 0.5) is 4.39 Å². The molecule has 0 radical (unpaired) electrons. The summed E-state index contributed by atoms with van der Waals surface area (Å²) in [6.45, 7) is 3.83. The fourth-order valence-electron chi connectivity index (χ4n) is 1.13. The molecule has 3 heteroatoms. The summed E-state index contributed by atoms with van der Waals surface area (Å²) in [5.74, 6) is -0.252. The fraction of sp³-hybridized carbons (Fsp3) is 0.250. The molecule has 0 bridgehead atoms. The zero-order valence-electron chi connectivity index (χ0n) is 8.63. The third-order valence-electron chi connectivity index (χ3n) is 2.09. The number of halogens is 2. The predicted octanol–water partition coefficient (Wildman–Crippen LogP) is 3.72. The standard InChI is InChI=1S/C12H12ClFO/c1-8(2)10(7-15)5-9-3-4-11(14)6-12(9)13/h3-8H,1-2H3/b10-5+. The molecule has 0 aromatic heterocycles. The number of hydrogen-bond donors (Lipinski definition) is 0. The van der Waals surface area contributed by atoms with Crippen molar-refractivity contribution in [2.45, 2.75) is 13.8 Å². The topological polar surface area (TPSA) is 17.1 Å². The average molecular weight is 227 g/mol. The predicted molar refractivity (Wildman–Crippen MR) is 60.3 cm³/mol. The van der Waals surface area contributed by atoms with Crippen LogP contribution in [0.5, 0.6) is 0 Å². The maximum Gasteiger partial charge on any atom is 0.146 e. The van der Waals surface area contributed by atoms with Crippen LogP contribution in [0.3, 0.4) is 0 Å². The summed E-state index contributed by atoms with van der Waals surface area (Å²) in [5.41, 5.74) is 1.30. The molecule has 0 aliphatic rings. The van der Waals surface area contributed by atoms with Crippen LogP contribution < -0.4 is 0 Å². The van der Waals surface area contributed by atoms with Gasteiger partial charge in [-0.05, 0) is 35.3 Å². The van der Waals surface area contributed by atoms with Crippen LogP contribution >= 0.6 is 11.6 Å². The van der Waals surface area contributed by atoms with Crippen molar-refractivity contribution in [3.8, 4) is 0 Å². The van der Waals surface area contributed by atoms with Gasteiger partial charge in [0, 0.05) is 0 Å². The third-order valence-corrected chi connectivity index (χ3v) is 2.41. The van der Waals surface area contributed by atoms with Crippen molar-refractivity contribution in [1.29, 1.82) is 0 Å². The first-order valence-corrected chi connectivity index (χ1v) is 5.04. The Morgan fingerprint density at radius 2 is 2.13 bits per heavy atom. The van der Waals surface area contributed by atoms with Gasteiger partial charge in [0.2, 0.25) is 0 Å². The lowest BCUT2D eigenvalue weighted by Gasteiger charge is -2.04. The number of hydrogen-bond acceptors (Lipinski definition) is 1. The number of benzene rings is 1. The van der Waals surface area contributed by atoms with Gasteiger partial charge >= 0.3 is 0 Å². The van der Waals surface area contributed by atoms with Crippen LogP contribution in [-0.2, 0) is 4.79 Å². The van der Waals surface area contributed by atoms with Crippen LogP contribution in [0.1, 0.15) is 19.4 Å². The summed E-state index contributed by atoms with van der Waals surface area (Å²) >= 11 is 5.83. The molecule has 0 unspecified atom stereocenters. The normalized spacial score (nSPS) is 11.9. The van der Waals surface area contributed by atoms with Crippen LogP contribution in [-0.4, -0.2) is 6.29 Å². The molecular formula is C12H12ClFO. The maximum absolute atomic E-state index is 12.8. The average Bonchev–Trinajstić information content (AvgIpc) is 2.16. The van der Waals surface area contributed by atoms with Gasteiger partial charge in [-0.2, -0.15) is 0 Å². The van der Waals surface area contributed by atoms with E-state index >= 15 is 0 Å². The Labute approximate surface area is 93.6 Å². The van der Waals surface area contributed by atoms with Crippen LogP contribution in [0, 0.1) is 11.7 Å². The Hall–Kier alpha value is -1.15. The highest BCUT2D eigenvalue weighted by atomic mass is 35.5. The minimum absolute atomic E-state index is 0.128. The molecule has 1 aromatic rings. The Balaban J connectivity index is 3.11. The third kappa shape index (κ3) is 3.17. The summed E-state index contributed by atoms with van der Waals surface area (Å²) in [7, 11) is 0. The van der Waals surface area contributed by atoms with Crippen molar-refractivity contribution in [3.05, 3.63) is 40.2 Å². The largest absolute Gasteiger partial charge is 0.298 e. The van der Waals surface area contributed by atoms with Crippen molar-refractivity contribution in [2.24, 2.45) is 5.92 Å². The lowest BCUT2D eigenvalue weighted by molar-refractivity contribution is -0.105. The second-order valence-electron chi connectivity index (χ2n) is 3.58. The smallest absolute Gasteiger partial charge is 0.146 e. The molecule has 0 spiro atoms. The van der Waals surface area contributed by atoms with Gasteiger partial charge in [-0.1, -0.05) is 31.5 Å². The second kappa shape index (κ2) is 5.08. The van der Waals surface area contributed by atoms with Gasteiger partial charge in [0.25, 0.3) is 0 Å². The molecule has 0 amide bonds. The van der Waals surface area contributed by atoms with Crippen molar-refractivity contribution in [3.63, 3.8) is 0 Å². The lowest BCUT2D eigenvalue weighted by Crippen LogP contribution is -1.95. The molecule has 0 aliphatic carbocycles. The van der Waals surface area contributed by atoms with Gasteiger partial charge in [-0.15, -0.1) is 0 Å². The monoisotopic (exact) mass is 226 g/mol. The highest BCUT2D eigenvalue weighted by Gasteiger charge is 2.04. The molecule has 1 nitrogen and oxygen atoms in total.